The van der Waals surface area contributed by atoms with Crippen molar-refractivity contribution in [1.82, 2.24) is 4.98 Å². The Kier molecular flexibility index (Phi) is 9.36. The highest BCUT2D eigenvalue weighted by Crippen LogP contribution is 2.32. The van der Waals surface area contributed by atoms with Gasteiger partial charge in [0.25, 0.3) is 0 Å². The van der Waals surface area contributed by atoms with Crippen molar-refractivity contribution in [3.8, 4) is 5.88 Å². The number of carboxylic acids is 1. The average molecular weight is 581 g/mol. The molecule has 0 spiro atoms. The number of hydrogen-bond acceptors (Lipinski definition) is 7. The average Bonchev–Trinajstić information content (AvgIpc) is 2.87. The number of carboxylic acid groups (broad SMARTS) is 1. The lowest BCUT2D eigenvalue weighted by atomic mass is 10.0. The molecule has 2 aromatic carbocycles. The smallest absolute Gasteiger partial charge is 0.416 e. The van der Waals surface area contributed by atoms with Gasteiger partial charge >= 0.3 is 12.1 Å². The number of nitrogen functional groups attached to an aromatic ring is 1. The van der Waals surface area contributed by atoms with Crippen molar-refractivity contribution in [2.75, 3.05) is 29.6 Å². The normalized spacial score (nSPS) is 11.2. The number of carbonyl (C=O) groups excluding carboxylic acids is 1. The number of aromatic nitrogens is 1. The van der Waals surface area contributed by atoms with Crippen molar-refractivity contribution in [2.45, 2.75) is 39.2 Å². The topological polar surface area (TPSA) is 127 Å². The van der Waals surface area contributed by atoms with Crippen molar-refractivity contribution >= 4 is 46.5 Å². The van der Waals surface area contributed by atoms with Gasteiger partial charge in [-0.2, -0.15) is 4.98 Å². The molecule has 1 aromatic heterocycles. The Morgan fingerprint density at radius 1 is 1.10 bits per heavy atom. The van der Waals surface area contributed by atoms with Crippen LogP contribution in [0, 0.1) is 17.5 Å². The summed E-state index contributed by atoms with van der Waals surface area (Å²) in [4.78, 5) is 30.1. The van der Waals surface area contributed by atoms with Gasteiger partial charge in [-0.25, -0.2) is 22.8 Å². The van der Waals surface area contributed by atoms with Crippen LogP contribution in [0.2, 0.25) is 5.02 Å². The van der Waals surface area contributed by atoms with E-state index in [0.29, 0.717) is 0 Å². The molecule has 0 unspecified atom stereocenters. The molecule has 3 aromatic rings. The predicted molar refractivity (Wildman–Crippen MR) is 145 cm³/mol. The van der Waals surface area contributed by atoms with Crippen molar-refractivity contribution in [3.05, 3.63) is 70.0 Å². The van der Waals surface area contributed by atoms with E-state index in [4.69, 9.17) is 26.8 Å². The van der Waals surface area contributed by atoms with Crippen molar-refractivity contribution in [3.63, 3.8) is 0 Å². The number of methoxy groups -OCH3 is 1. The fourth-order valence-corrected chi connectivity index (χ4v) is 3.88. The van der Waals surface area contributed by atoms with Crippen LogP contribution in [-0.4, -0.2) is 41.4 Å². The fraction of sp³-hybridized carbons (Fsp3) is 0.296. The van der Waals surface area contributed by atoms with E-state index < -0.39 is 40.7 Å². The van der Waals surface area contributed by atoms with E-state index in [1.807, 2.05) is 0 Å². The van der Waals surface area contributed by atoms with Crippen LogP contribution in [0.3, 0.4) is 0 Å². The van der Waals surface area contributed by atoms with Gasteiger partial charge in [0.1, 0.15) is 11.4 Å². The van der Waals surface area contributed by atoms with Gasteiger partial charge in [-0.15, -0.1) is 0 Å². The number of rotatable bonds is 9. The minimum absolute atomic E-state index is 0.0203. The lowest BCUT2D eigenvalue weighted by Crippen LogP contribution is -2.38. The van der Waals surface area contributed by atoms with Gasteiger partial charge in [0, 0.05) is 23.9 Å². The molecule has 3 rings (SSSR count). The lowest BCUT2D eigenvalue weighted by molar-refractivity contribution is 0.0578. The zero-order chi connectivity index (χ0) is 29.8. The highest BCUT2D eigenvalue weighted by Gasteiger charge is 2.27. The van der Waals surface area contributed by atoms with Crippen molar-refractivity contribution < 1.29 is 37.3 Å². The van der Waals surface area contributed by atoms with E-state index in [-0.39, 0.29) is 58.7 Å². The highest BCUT2D eigenvalue weighted by atomic mass is 35.5. The predicted octanol–water partition coefficient (Wildman–Crippen LogP) is 6.56. The first-order chi connectivity index (χ1) is 18.7. The van der Waals surface area contributed by atoms with Gasteiger partial charge in [-0.05, 0) is 63.9 Å². The number of nitrogens with one attached hydrogen (secondary N) is 1. The van der Waals surface area contributed by atoms with Crippen LogP contribution >= 0.6 is 11.6 Å². The van der Waals surface area contributed by atoms with Gasteiger partial charge in [-0.1, -0.05) is 11.6 Å². The number of hydrogen-bond donors (Lipinski definition) is 3. The first kappa shape index (κ1) is 30.4. The Morgan fingerprint density at radius 2 is 1.80 bits per heavy atom. The molecule has 0 fully saturated rings. The Balaban J connectivity index is 1.94. The zero-order valence-electron chi connectivity index (χ0n) is 22.1. The SMILES string of the molecule is COc1ccc(N)c(N(CCCc2c(Nc3cc(Cl)c(F)cc3C(=O)O)ccc(F)c2F)C(=O)OC(C)(C)C)n1. The van der Waals surface area contributed by atoms with E-state index in [9.17, 15) is 27.9 Å². The van der Waals surface area contributed by atoms with Crippen LogP contribution in [0.4, 0.5) is 40.8 Å². The van der Waals surface area contributed by atoms with E-state index in [0.717, 1.165) is 23.1 Å². The molecule has 0 radical (unpaired) electrons. The van der Waals surface area contributed by atoms with Crippen LogP contribution < -0.4 is 20.7 Å². The van der Waals surface area contributed by atoms with E-state index in [1.54, 1.807) is 20.8 Å². The maximum atomic E-state index is 15.0. The first-order valence-corrected chi connectivity index (χ1v) is 12.4. The van der Waals surface area contributed by atoms with Crippen molar-refractivity contribution in [2.24, 2.45) is 0 Å². The minimum atomic E-state index is -1.46. The summed E-state index contributed by atoms with van der Waals surface area (Å²) in [5.74, 6) is -4.50. The second kappa shape index (κ2) is 12.3. The number of benzene rings is 2. The summed E-state index contributed by atoms with van der Waals surface area (Å²) in [6.07, 6.45) is -0.820. The molecule has 0 bridgehead atoms. The zero-order valence-corrected chi connectivity index (χ0v) is 22.9. The second-order valence-electron chi connectivity index (χ2n) is 9.63. The van der Waals surface area contributed by atoms with Gasteiger partial charge in [0.05, 0.1) is 29.1 Å². The number of ether oxygens (including phenoxy) is 2. The molecular weight excluding hydrogens is 553 g/mol. The molecule has 0 aliphatic heterocycles. The molecule has 0 aliphatic carbocycles. The lowest BCUT2D eigenvalue weighted by Gasteiger charge is -2.27. The summed E-state index contributed by atoms with van der Waals surface area (Å²) in [5.41, 5.74) is 4.65. The van der Waals surface area contributed by atoms with E-state index in [2.05, 4.69) is 10.3 Å². The standard InChI is InChI=1S/C27H28ClF3N4O5/c1-27(2,3)40-26(38)35(24-19(32)8-10-22(34-24)39-4)11-5-6-14-20(9-7-17(29)23(14)31)33-21-13-16(28)18(30)12-15(21)25(36)37/h7-10,12-13,33H,5-6,11,32H2,1-4H3,(H,36,37). The van der Waals surface area contributed by atoms with E-state index in [1.165, 1.54) is 25.3 Å². The summed E-state index contributed by atoms with van der Waals surface area (Å²) in [6, 6.07) is 6.84. The summed E-state index contributed by atoms with van der Waals surface area (Å²) < 4.78 is 53.7. The third-order valence-electron chi connectivity index (χ3n) is 5.52. The van der Waals surface area contributed by atoms with Crippen LogP contribution in [-0.2, 0) is 11.2 Å². The Labute approximate surface area is 233 Å². The van der Waals surface area contributed by atoms with Gasteiger partial charge in [-0.3, -0.25) is 4.90 Å². The number of pyridine rings is 1. The fourth-order valence-electron chi connectivity index (χ4n) is 3.71. The summed E-state index contributed by atoms with van der Waals surface area (Å²) >= 11 is 5.82. The summed E-state index contributed by atoms with van der Waals surface area (Å²) in [6.45, 7) is 4.97. The molecule has 1 heterocycles. The largest absolute Gasteiger partial charge is 0.481 e. The van der Waals surface area contributed by atoms with Crippen molar-refractivity contribution in [1.29, 1.82) is 0 Å². The molecular formula is C27H28ClF3N4O5. The third kappa shape index (κ3) is 7.26. The number of amides is 1. The molecule has 40 heavy (non-hydrogen) atoms. The number of nitrogens with two attached hydrogens (primary N) is 1. The van der Waals surface area contributed by atoms with Crippen LogP contribution in [0.15, 0.2) is 36.4 Å². The molecule has 4 N–H and O–H groups in total. The first-order valence-electron chi connectivity index (χ1n) is 12.0. The summed E-state index contributed by atoms with van der Waals surface area (Å²) in [7, 11) is 1.39. The Morgan fingerprint density at radius 3 is 2.42 bits per heavy atom. The number of carbonyl (C=O) groups is 2. The quantitative estimate of drug-likeness (QED) is 0.260. The maximum Gasteiger partial charge on any atom is 0.416 e. The minimum Gasteiger partial charge on any atom is -0.481 e. The van der Waals surface area contributed by atoms with Crippen LogP contribution in [0.1, 0.15) is 43.1 Å². The molecule has 9 nitrogen and oxygen atoms in total. The third-order valence-corrected chi connectivity index (χ3v) is 5.81. The molecule has 0 saturated carbocycles. The number of anilines is 4. The van der Waals surface area contributed by atoms with Gasteiger partial charge < -0.3 is 25.6 Å². The molecule has 214 valence electrons. The number of halogens is 4. The highest BCUT2D eigenvalue weighted by molar-refractivity contribution is 6.31. The molecule has 0 atom stereocenters. The van der Waals surface area contributed by atoms with E-state index >= 15 is 0 Å². The number of nitrogens with zero attached hydrogens (tertiary/aromatic N) is 2. The molecule has 13 heteroatoms. The van der Waals surface area contributed by atoms with Gasteiger partial charge in [0.15, 0.2) is 17.5 Å². The molecule has 1 amide bonds. The maximum absolute atomic E-state index is 15.0. The monoisotopic (exact) mass is 580 g/mol. The Hall–Kier alpha value is -4.19. The van der Waals surface area contributed by atoms with Crippen LogP contribution in [0.5, 0.6) is 5.88 Å². The molecule has 0 saturated heterocycles. The second-order valence-corrected chi connectivity index (χ2v) is 10.0. The summed E-state index contributed by atoms with van der Waals surface area (Å²) in [5, 5.41) is 11.8. The van der Waals surface area contributed by atoms with Gasteiger partial charge in [0.2, 0.25) is 5.88 Å². The number of aromatic carboxylic acids is 1. The Bertz CT molecular complexity index is 1430. The molecule has 0 aliphatic rings. The van der Waals surface area contributed by atoms with Crippen LogP contribution in [0.25, 0.3) is 0 Å².